The molecule has 128 valence electrons. The third-order valence-electron chi connectivity index (χ3n) is 3.74. The van der Waals surface area contributed by atoms with Crippen LogP contribution < -0.4 is 15.4 Å². The van der Waals surface area contributed by atoms with Gasteiger partial charge in [-0.2, -0.15) is 5.23 Å². The van der Waals surface area contributed by atoms with E-state index in [0.717, 1.165) is 16.5 Å². The first-order valence-electron chi connectivity index (χ1n) is 7.59. The second-order valence-corrected chi connectivity index (χ2v) is 6.46. The van der Waals surface area contributed by atoms with Crippen molar-refractivity contribution < 1.29 is 15.2 Å². The van der Waals surface area contributed by atoms with Gasteiger partial charge in [-0.1, -0.05) is 30.0 Å². The van der Waals surface area contributed by atoms with Crippen molar-refractivity contribution in [3.8, 4) is 5.75 Å². The van der Waals surface area contributed by atoms with Gasteiger partial charge >= 0.3 is 0 Å². The molecule has 25 heavy (non-hydrogen) atoms. The summed E-state index contributed by atoms with van der Waals surface area (Å²) < 4.78 is 7.53. The summed E-state index contributed by atoms with van der Waals surface area (Å²) in [6.07, 6.45) is 0. The highest BCUT2D eigenvalue weighted by Crippen LogP contribution is 2.38. The number of fused-ring (bicyclic) bond motifs is 1. The van der Waals surface area contributed by atoms with E-state index in [9.17, 15) is 5.21 Å². The largest absolute Gasteiger partial charge is 0.595 e. The van der Waals surface area contributed by atoms with Gasteiger partial charge in [-0.3, -0.25) is 0 Å². The summed E-state index contributed by atoms with van der Waals surface area (Å²) in [7, 11) is 0. The SMILES string of the molecule is [O-][NH+](O)c1ccc(C2Nn3c(COc4ccccc4)nnc3S2)cc1. The number of nitrogens with zero attached hydrogens (tertiary/aromatic N) is 3. The molecule has 2 atom stereocenters. The molecule has 0 saturated heterocycles. The number of benzene rings is 2. The molecule has 0 bridgehead atoms. The summed E-state index contributed by atoms with van der Waals surface area (Å²) in [6, 6.07) is 16.3. The van der Waals surface area contributed by atoms with E-state index in [1.165, 1.54) is 11.8 Å². The van der Waals surface area contributed by atoms with Crippen LogP contribution in [-0.2, 0) is 6.61 Å². The average molecular weight is 357 g/mol. The maximum absolute atomic E-state index is 10.9. The quantitative estimate of drug-likeness (QED) is 0.597. The van der Waals surface area contributed by atoms with Crippen molar-refractivity contribution in [2.24, 2.45) is 0 Å². The van der Waals surface area contributed by atoms with Gasteiger partial charge in [0.05, 0.1) is 0 Å². The van der Waals surface area contributed by atoms with E-state index in [-0.39, 0.29) is 11.1 Å². The number of para-hydroxylation sites is 1. The number of quaternary nitrogens is 1. The van der Waals surface area contributed by atoms with Crippen molar-refractivity contribution in [1.29, 1.82) is 0 Å². The monoisotopic (exact) mass is 357 g/mol. The standard InChI is InChI=1S/C16H15N5O3S/c22-21(23)12-8-6-11(7-9-12)15-19-20-14(17-18-16(20)25-15)10-24-13-4-2-1-3-5-13/h1-9,15,19,21-22H,10H2. The Labute approximate surface area is 147 Å². The number of nitrogens with one attached hydrogen (secondary N) is 2. The van der Waals surface area contributed by atoms with E-state index in [4.69, 9.17) is 9.94 Å². The number of thioether (sulfide) groups is 1. The van der Waals surface area contributed by atoms with Crippen LogP contribution in [0.15, 0.2) is 59.8 Å². The summed E-state index contributed by atoms with van der Waals surface area (Å²) >= 11 is 1.52. The van der Waals surface area contributed by atoms with E-state index in [2.05, 4.69) is 15.6 Å². The molecule has 8 nitrogen and oxygen atoms in total. The molecule has 0 radical (unpaired) electrons. The highest BCUT2D eigenvalue weighted by molar-refractivity contribution is 7.99. The van der Waals surface area contributed by atoms with Crippen LogP contribution in [0.2, 0.25) is 0 Å². The topological polar surface area (TPSA) is 99.7 Å². The molecule has 0 saturated carbocycles. The Morgan fingerprint density at radius 3 is 2.64 bits per heavy atom. The molecule has 3 aromatic rings. The summed E-state index contributed by atoms with van der Waals surface area (Å²) in [5.74, 6) is 1.45. The predicted octanol–water partition coefficient (Wildman–Crippen LogP) is 1.61. The van der Waals surface area contributed by atoms with Crippen LogP contribution >= 0.6 is 11.8 Å². The maximum Gasteiger partial charge on any atom is 0.212 e. The Morgan fingerprint density at radius 2 is 1.92 bits per heavy atom. The van der Waals surface area contributed by atoms with Crippen molar-refractivity contribution in [2.75, 3.05) is 5.43 Å². The maximum atomic E-state index is 10.9. The highest BCUT2D eigenvalue weighted by Gasteiger charge is 2.27. The van der Waals surface area contributed by atoms with Crippen molar-refractivity contribution in [3.05, 3.63) is 71.2 Å². The minimum atomic E-state index is -0.934. The van der Waals surface area contributed by atoms with Crippen LogP contribution in [0, 0.1) is 5.21 Å². The molecule has 9 heteroatoms. The second kappa shape index (κ2) is 6.73. The van der Waals surface area contributed by atoms with E-state index in [1.54, 1.807) is 24.3 Å². The lowest BCUT2D eigenvalue weighted by molar-refractivity contribution is -0.991. The second-order valence-electron chi connectivity index (χ2n) is 5.39. The molecule has 1 aromatic heterocycles. The third-order valence-corrected chi connectivity index (χ3v) is 4.83. The Hall–Kier alpha value is -2.59. The Kier molecular flexibility index (Phi) is 4.28. The van der Waals surface area contributed by atoms with Crippen LogP contribution in [0.4, 0.5) is 5.69 Å². The molecule has 0 amide bonds. The van der Waals surface area contributed by atoms with Gasteiger partial charge in [0.25, 0.3) is 0 Å². The van der Waals surface area contributed by atoms with E-state index >= 15 is 0 Å². The molecule has 3 N–H and O–H groups in total. The van der Waals surface area contributed by atoms with Crippen LogP contribution in [0.1, 0.15) is 16.8 Å². The number of rotatable bonds is 5. The molecule has 4 rings (SSSR count). The summed E-state index contributed by atoms with van der Waals surface area (Å²) in [5.41, 5.74) is 4.55. The first-order valence-corrected chi connectivity index (χ1v) is 8.47. The number of hydrogen-bond donors (Lipinski definition) is 3. The Balaban J connectivity index is 1.45. The predicted molar refractivity (Wildman–Crippen MR) is 91.0 cm³/mol. The fraction of sp³-hybridized carbons (Fsp3) is 0.125. The van der Waals surface area contributed by atoms with Crippen LogP contribution in [0.5, 0.6) is 5.75 Å². The molecule has 0 aliphatic carbocycles. The van der Waals surface area contributed by atoms with Gasteiger partial charge in [-0.05, 0) is 29.8 Å². The molecule has 2 aromatic carbocycles. The molecule has 1 aliphatic rings. The molecule has 1 aliphatic heterocycles. The Bertz CT molecular complexity index is 854. The lowest BCUT2D eigenvalue weighted by atomic mass is 10.2. The zero-order valence-corrected chi connectivity index (χ0v) is 13.8. The lowest BCUT2D eigenvalue weighted by Crippen LogP contribution is -2.99. The van der Waals surface area contributed by atoms with Gasteiger partial charge in [-0.15, -0.1) is 10.2 Å². The van der Waals surface area contributed by atoms with Gasteiger partial charge in [0.1, 0.15) is 17.7 Å². The van der Waals surface area contributed by atoms with Gasteiger partial charge in [0.15, 0.2) is 11.5 Å². The van der Waals surface area contributed by atoms with Crippen LogP contribution in [0.25, 0.3) is 0 Å². The van der Waals surface area contributed by atoms with Crippen LogP contribution in [0.3, 0.4) is 0 Å². The lowest BCUT2D eigenvalue weighted by Gasteiger charge is -2.15. The van der Waals surface area contributed by atoms with Crippen LogP contribution in [-0.4, -0.2) is 20.1 Å². The van der Waals surface area contributed by atoms with E-state index in [0.29, 0.717) is 12.4 Å². The molecule has 2 heterocycles. The minimum Gasteiger partial charge on any atom is -0.595 e. The fourth-order valence-electron chi connectivity index (χ4n) is 2.46. The molecule has 0 fully saturated rings. The smallest absolute Gasteiger partial charge is 0.212 e. The molecular weight excluding hydrogens is 342 g/mol. The molecular formula is C16H15N5O3S. The van der Waals surface area contributed by atoms with Gasteiger partial charge < -0.3 is 15.4 Å². The Morgan fingerprint density at radius 1 is 1.16 bits per heavy atom. The summed E-state index contributed by atoms with van der Waals surface area (Å²) in [6.45, 7) is 0.301. The molecule has 0 spiro atoms. The van der Waals surface area contributed by atoms with E-state index < -0.39 is 5.23 Å². The first-order chi connectivity index (χ1) is 12.2. The third kappa shape index (κ3) is 3.30. The first kappa shape index (κ1) is 15.9. The number of aromatic nitrogens is 3. The van der Waals surface area contributed by atoms with Gasteiger partial charge in [-0.25, -0.2) is 9.88 Å². The number of hydrogen-bond acceptors (Lipinski definition) is 7. The summed E-state index contributed by atoms with van der Waals surface area (Å²) in [4.78, 5) is 0. The zero-order valence-electron chi connectivity index (χ0n) is 13.0. The van der Waals surface area contributed by atoms with Crippen molar-refractivity contribution in [3.63, 3.8) is 0 Å². The average Bonchev–Trinajstić information content (AvgIpc) is 3.22. The molecule has 2 unspecified atom stereocenters. The van der Waals surface area contributed by atoms with Gasteiger partial charge in [0, 0.05) is 12.1 Å². The van der Waals surface area contributed by atoms with Crippen molar-refractivity contribution in [2.45, 2.75) is 17.1 Å². The summed E-state index contributed by atoms with van der Waals surface area (Å²) in [5, 5.41) is 28.0. The van der Waals surface area contributed by atoms with E-state index in [1.807, 2.05) is 35.0 Å². The normalized spacial score (nSPS) is 17.0. The highest BCUT2D eigenvalue weighted by atomic mass is 32.2. The van der Waals surface area contributed by atoms with Crippen molar-refractivity contribution in [1.82, 2.24) is 14.9 Å². The number of ether oxygens (including phenoxy) is 1. The minimum absolute atomic E-state index is 0.0520. The zero-order chi connectivity index (χ0) is 17.2. The van der Waals surface area contributed by atoms with Crippen molar-refractivity contribution >= 4 is 17.4 Å². The van der Waals surface area contributed by atoms with Gasteiger partial charge in [0.2, 0.25) is 5.16 Å². The fourth-order valence-corrected chi connectivity index (χ4v) is 3.47.